The fraction of sp³-hybridized carbons (Fsp3) is 0.412. The molecule has 2 unspecified atom stereocenters. The van der Waals surface area contributed by atoms with Crippen molar-refractivity contribution in [3.63, 3.8) is 0 Å². The third kappa shape index (κ3) is 2.96. The highest BCUT2D eigenvalue weighted by atomic mass is 16.5. The number of fused-ring (bicyclic) bond motifs is 1. The zero-order chi connectivity index (χ0) is 18.1. The molecule has 136 valence electrons. The van der Waals surface area contributed by atoms with Gasteiger partial charge in [-0.2, -0.15) is 0 Å². The zero-order valence-corrected chi connectivity index (χ0v) is 14.7. The van der Waals surface area contributed by atoms with Crippen molar-refractivity contribution in [1.29, 1.82) is 0 Å². The molecule has 1 fully saturated rings. The minimum Gasteiger partial charge on any atom is -0.363 e. The van der Waals surface area contributed by atoms with Crippen molar-refractivity contribution in [3.8, 4) is 0 Å². The summed E-state index contributed by atoms with van der Waals surface area (Å²) in [6.07, 6.45) is 5.77. The van der Waals surface area contributed by atoms with E-state index in [4.69, 9.17) is 4.52 Å². The number of anilines is 2. The van der Waals surface area contributed by atoms with E-state index >= 15 is 0 Å². The average Bonchev–Trinajstić information content (AvgIpc) is 3.32. The maximum Gasteiger partial charge on any atom is 0.323 e. The van der Waals surface area contributed by atoms with Crippen molar-refractivity contribution in [1.82, 2.24) is 25.0 Å². The van der Waals surface area contributed by atoms with Crippen molar-refractivity contribution >= 4 is 28.7 Å². The molecule has 0 spiro atoms. The molecule has 1 aliphatic rings. The molecular weight excluding hydrogens is 334 g/mol. The number of aromatic nitrogens is 4. The third-order valence-electron chi connectivity index (χ3n) is 5.04. The number of carbonyl (C=O) groups excluding carboxylic acids is 1. The predicted octanol–water partition coefficient (Wildman–Crippen LogP) is 2.32. The van der Waals surface area contributed by atoms with Crippen LogP contribution in [0.4, 0.5) is 16.4 Å². The third-order valence-corrected chi connectivity index (χ3v) is 5.04. The van der Waals surface area contributed by atoms with Crippen LogP contribution in [-0.2, 0) is 0 Å². The summed E-state index contributed by atoms with van der Waals surface area (Å²) in [4.78, 5) is 28.3. The van der Waals surface area contributed by atoms with Gasteiger partial charge in [0, 0.05) is 32.4 Å². The number of likely N-dealkylation sites (N-methyl/N-ethyl adjacent to an activating group) is 1. The van der Waals surface area contributed by atoms with Crippen LogP contribution in [0.5, 0.6) is 0 Å². The van der Waals surface area contributed by atoms with Gasteiger partial charge in [0.1, 0.15) is 24.1 Å². The Hall–Kier alpha value is -3.10. The number of likely N-dealkylation sites (tertiary alicyclic amines) is 1. The number of carbonyl (C=O) groups is 1. The number of urea groups is 1. The standard InChI is InChI=1S/C17H21N7O2/c1-11-4-7-24(17(25)21-14-5-8-26-22-14)9-13(11)23(2)16-12-3-6-18-15(12)19-10-20-16/h3,5-6,8,10-11,13H,4,7,9H2,1-2H3,(H,18,19,20)(H,21,22,25). The largest absolute Gasteiger partial charge is 0.363 e. The lowest BCUT2D eigenvalue weighted by Gasteiger charge is -2.42. The first-order valence-electron chi connectivity index (χ1n) is 8.60. The number of hydrogen-bond acceptors (Lipinski definition) is 6. The molecule has 0 aromatic carbocycles. The Balaban J connectivity index is 1.53. The van der Waals surface area contributed by atoms with E-state index in [0.717, 1.165) is 23.3 Å². The van der Waals surface area contributed by atoms with Gasteiger partial charge in [0.15, 0.2) is 5.82 Å². The molecule has 3 aromatic heterocycles. The van der Waals surface area contributed by atoms with E-state index in [1.807, 2.05) is 24.2 Å². The SMILES string of the molecule is CC1CCN(C(=O)Nc2ccon2)CC1N(C)c1ncnc2[nH]ccc12. The van der Waals surface area contributed by atoms with Crippen LogP contribution >= 0.6 is 0 Å². The monoisotopic (exact) mass is 355 g/mol. The highest BCUT2D eigenvalue weighted by molar-refractivity contribution is 5.89. The second kappa shape index (κ2) is 6.66. The van der Waals surface area contributed by atoms with E-state index in [2.05, 4.69) is 37.2 Å². The van der Waals surface area contributed by atoms with Crippen LogP contribution in [-0.4, -0.2) is 57.2 Å². The van der Waals surface area contributed by atoms with Crippen LogP contribution in [0.15, 0.2) is 35.4 Å². The van der Waals surface area contributed by atoms with Crippen LogP contribution in [0.2, 0.25) is 0 Å². The van der Waals surface area contributed by atoms with Gasteiger partial charge in [0.05, 0.1) is 11.4 Å². The van der Waals surface area contributed by atoms with Crippen LogP contribution in [0.3, 0.4) is 0 Å². The lowest BCUT2D eigenvalue weighted by Crippen LogP contribution is -2.53. The number of hydrogen-bond donors (Lipinski definition) is 2. The molecule has 9 heteroatoms. The van der Waals surface area contributed by atoms with Gasteiger partial charge in [-0.15, -0.1) is 0 Å². The van der Waals surface area contributed by atoms with Gasteiger partial charge in [-0.1, -0.05) is 12.1 Å². The molecule has 0 saturated carbocycles. The summed E-state index contributed by atoms with van der Waals surface area (Å²) >= 11 is 0. The highest BCUT2D eigenvalue weighted by Gasteiger charge is 2.33. The summed E-state index contributed by atoms with van der Waals surface area (Å²) in [5.74, 6) is 1.72. The summed E-state index contributed by atoms with van der Waals surface area (Å²) < 4.78 is 4.76. The van der Waals surface area contributed by atoms with E-state index in [9.17, 15) is 4.79 Å². The van der Waals surface area contributed by atoms with Gasteiger partial charge in [0.25, 0.3) is 0 Å². The van der Waals surface area contributed by atoms with Crippen molar-refractivity contribution in [3.05, 3.63) is 30.9 Å². The second-order valence-electron chi connectivity index (χ2n) is 6.64. The molecule has 0 aliphatic carbocycles. The molecule has 9 nitrogen and oxygen atoms in total. The van der Waals surface area contributed by atoms with E-state index in [-0.39, 0.29) is 12.1 Å². The van der Waals surface area contributed by atoms with E-state index < -0.39 is 0 Å². The molecule has 1 aliphatic heterocycles. The van der Waals surface area contributed by atoms with Gasteiger partial charge in [0.2, 0.25) is 0 Å². The molecule has 0 bridgehead atoms. The maximum absolute atomic E-state index is 12.5. The van der Waals surface area contributed by atoms with Gasteiger partial charge in [-0.3, -0.25) is 5.32 Å². The Morgan fingerprint density at radius 3 is 3.12 bits per heavy atom. The molecule has 2 amide bonds. The highest BCUT2D eigenvalue weighted by Crippen LogP contribution is 2.28. The van der Waals surface area contributed by atoms with Crippen LogP contribution in [0, 0.1) is 5.92 Å². The number of H-pyrrole nitrogens is 1. The molecule has 2 N–H and O–H groups in total. The molecule has 26 heavy (non-hydrogen) atoms. The first-order valence-corrected chi connectivity index (χ1v) is 8.60. The van der Waals surface area contributed by atoms with Crippen LogP contribution in [0.1, 0.15) is 13.3 Å². The average molecular weight is 355 g/mol. The van der Waals surface area contributed by atoms with Crippen molar-refractivity contribution in [2.75, 3.05) is 30.4 Å². The van der Waals surface area contributed by atoms with Gasteiger partial charge in [-0.05, 0) is 18.4 Å². The van der Waals surface area contributed by atoms with Crippen molar-refractivity contribution in [2.45, 2.75) is 19.4 Å². The molecule has 2 atom stereocenters. The van der Waals surface area contributed by atoms with Crippen molar-refractivity contribution in [2.24, 2.45) is 5.92 Å². The number of aromatic amines is 1. The summed E-state index contributed by atoms with van der Waals surface area (Å²) in [6, 6.07) is 3.58. The topological polar surface area (TPSA) is 103 Å². The first kappa shape index (κ1) is 16.4. The number of nitrogens with one attached hydrogen (secondary N) is 2. The Bertz CT molecular complexity index is 892. The van der Waals surface area contributed by atoms with Gasteiger partial charge < -0.3 is 19.3 Å². The minimum atomic E-state index is -0.168. The van der Waals surface area contributed by atoms with E-state index in [0.29, 0.717) is 24.8 Å². The molecule has 4 heterocycles. The fourth-order valence-electron chi connectivity index (χ4n) is 3.50. The minimum absolute atomic E-state index is 0.153. The number of rotatable bonds is 3. The first-order chi connectivity index (χ1) is 12.6. The zero-order valence-electron chi connectivity index (χ0n) is 14.7. The Kier molecular flexibility index (Phi) is 4.19. The summed E-state index contributed by atoms with van der Waals surface area (Å²) in [5, 5.41) is 7.47. The Morgan fingerprint density at radius 2 is 2.31 bits per heavy atom. The normalized spacial score (nSPS) is 20.3. The molecular formula is C17H21N7O2. The Morgan fingerprint density at radius 1 is 1.42 bits per heavy atom. The van der Waals surface area contributed by atoms with Crippen molar-refractivity contribution < 1.29 is 9.32 Å². The second-order valence-corrected chi connectivity index (χ2v) is 6.64. The predicted molar refractivity (Wildman–Crippen MR) is 97.0 cm³/mol. The lowest BCUT2D eigenvalue weighted by atomic mass is 9.92. The smallest absolute Gasteiger partial charge is 0.323 e. The number of piperidine rings is 1. The van der Waals surface area contributed by atoms with Gasteiger partial charge >= 0.3 is 6.03 Å². The van der Waals surface area contributed by atoms with E-state index in [1.54, 1.807) is 12.4 Å². The van der Waals surface area contributed by atoms with Crippen LogP contribution < -0.4 is 10.2 Å². The summed E-state index contributed by atoms with van der Waals surface area (Å²) in [5.41, 5.74) is 0.811. The number of amides is 2. The quantitative estimate of drug-likeness (QED) is 0.747. The summed E-state index contributed by atoms with van der Waals surface area (Å²) in [7, 11) is 2.02. The Labute approximate surface area is 150 Å². The molecule has 4 rings (SSSR count). The van der Waals surface area contributed by atoms with Crippen LogP contribution in [0.25, 0.3) is 11.0 Å². The number of nitrogens with zero attached hydrogens (tertiary/aromatic N) is 5. The van der Waals surface area contributed by atoms with Gasteiger partial charge in [-0.25, -0.2) is 14.8 Å². The molecule has 0 radical (unpaired) electrons. The molecule has 3 aromatic rings. The van der Waals surface area contributed by atoms with E-state index in [1.165, 1.54) is 6.26 Å². The maximum atomic E-state index is 12.5. The lowest BCUT2D eigenvalue weighted by molar-refractivity contribution is 0.172. The molecule has 1 saturated heterocycles. The fourth-order valence-corrected chi connectivity index (χ4v) is 3.50. The summed E-state index contributed by atoms with van der Waals surface area (Å²) in [6.45, 7) is 3.53.